The molecule has 96 valence electrons. The molecule has 17 heavy (non-hydrogen) atoms. The average molecular weight is 260 g/mol. The summed E-state index contributed by atoms with van der Waals surface area (Å²) in [6.45, 7) is 3.17. The molecule has 0 aliphatic heterocycles. The number of methoxy groups -OCH3 is 2. The Morgan fingerprint density at radius 1 is 1.41 bits per heavy atom. The van der Waals surface area contributed by atoms with Gasteiger partial charge in [-0.2, -0.15) is 0 Å². The molecular formula is C12H18ClNO3. The summed E-state index contributed by atoms with van der Waals surface area (Å²) in [5.41, 5.74) is 0.706. The van der Waals surface area contributed by atoms with E-state index in [2.05, 4.69) is 5.32 Å². The molecule has 1 aromatic carbocycles. The molecular weight excluding hydrogens is 242 g/mol. The highest BCUT2D eigenvalue weighted by Crippen LogP contribution is 2.33. The first-order valence-corrected chi connectivity index (χ1v) is 5.75. The van der Waals surface area contributed by atoms with E-state index in [1.807, 2.05) is 6.92 Å². The molecule has 0 amide bonds. The van der Waals surface area contributed by atoms with E-state index in [9.17, 15) is 5.11 Å². The number of hydrogen-bond donors (Lipinski definition) is 2. The van der Waals surface area contributed by atoms with Crippen molar-refractivity contribution >= 4 is 11.6 Å². The standard InChI is InChI=1S/C12H18ClNO3/c1-8(16-2)6-14-7-9-4-10(13)5-11(17-3)12(9)15/h4-5,8,14-15H,6-7H2,1-3H3. The molecule has 5 heteroatoms. The number of aromatic hydroxyl groups is 1. The Hall–Kier alpha value is -0.970. The van der Waals surface area contributed by atoms with Gasteiger partial charge in [0.25, 0.3) is 0 Å². The lowest BCUT2D eigenvalue weighted by atomic mass is 10.2. The fraction of sp³-hybridized carbons (Fsp3) is 0.500. The fourth-order valence-electron chi connectivity index (χ4n) is 1.41. The van der Waals surface area contributed by atoms with Crippen molar-refractivity contribution in [2.45, 2.75) is 19.6 Å². The van der Waals surface area contributed by atoms with Crippen molar-refractivity contribution < 1.29 is 14.6 Å². The highest BCUT2D eigenvalue weighted by molar-refractivity contribution is 6.30. The third-order valence-electron chi connectivity index (χ3n) is 2.49. The van der Waals surface area contributed by atoms with Crippen molar-refractivity contribution in [2.24, 2.45) is 0 Å². The van der Waals surface area contributed by atoms with Gasteiger partial charge >= 0.3 is 0 Å². The highest BCUT2D eigenvalue weighted by atomic mass is 35.5. The summed E-state index contributed by atoms with van der Waals surface area (Å²) in [6, 6.07) is 3.29. The van der Waals surface area contributed by atoms with Crippen molar-refractivity contribution in [3.63, 3.8) is 0 Å². The van der Waals surface area contributed by atoms with E-state index < -0.39 is 0 Å². The predicted octanol–water partition coefficient (Wildman–Crippen LogP) is 2.18. The quantitative estimate of drug-likeness (QED) is 0.822. The molecule has 1 rings (SSSR count). The molecule has 0 aliphatic carbocycles. The van der Waals surface area contributed by atoms with E-state index in [1.165, 1.54) is 7.11 Å². The van der Waals surface area contributed by atoms with Crippen LogP contribution in [-0.2, 0) is 11.3 Å². The SMILES string of the molecule is COc1cc(Cl)cc(CNCC(C)OC)c1O. The Labute approximate surface area is 106 Å². The van der Waals surface area contributed by atoms with Crippen LogP contribution in [0.25, 0.3) is 0 Å². The van der Waals surface area contributed by atoms with Crippen molar-refractivity contribution in [1.82, 2.24) is 5.32 Å². The van der Waals surface area contributed by atoms with Gasteiger partial charge in [0.1, 0.15) is 0 Å². The monoisotopic (exact) mass is 259 g/mol. The van der Waals surface area contributed by atoms with Gasteiger partial charge in [0, 0.05) is 36.9 Å². The molecule has 1 aromatic rings. The van der Waals surface area contributed by atoms with Crippen LogP contribution in [0.1, 0.15) is 12.5 Å². The summed E-state index contributed by atoms with van der Waals surface area (Å²) in [7, 11) is 3.15. The zero-order valence-corrected chi connectivity index (χ0v) is 11.0. The van der Waals surface area contributed by atoms with Gasteiger partial charge in [0.05, 0.1) is 13.2 Å². The maximum Gasteiger partial charge on any atom is 0.162 e. The molecule has 1 unspecified atom stereocenters. The Morgan fingerprint density at radius 2 is 2.12 bits per heavy atom. The van der Waals surface area contributed by atoms with Crippen LogP contribution in [0.15, 0.2) is 12.1 Å². The first-order chi connectivity index (χ1) is 8.08. The van der Waals surface area contributed by atoms with Gasteiger partial charge < -0.3 is 19.9 Å². The second-order valence-corrected chi connectivity index (χ2v) is 4.23. The van der Waals surface area contributed by atoms with Crippen LogP contribution >= 0.6 is 11.6 Å². The number of nitrogens with one attached hydrogen (secondary N) is 1. The van der Waals surface area contributed by atoms with E-state index in [4.69, 9.17) is 21.1 Å². The minimum atomic E-state index is 0.120. The molecule has 0 aliphatic rings. The second kappa shape index (κ2) is 6.69. The molecule has 0 radical (unpaired) electrons. The average Bonchev–Trinajstić information content (AvgIpc) is 2.32. The third-order valence-corrected chi connectivity index (χ3v) is 2.71. The van der Waals surface area contributed by atoms with Crippen LogP contribution in [-0.4, -0.2) is 32.0 Å². The van der Waals surface area contributed by atoms with Crippen LogP contribution in [0.3, 0.4) is 0 Å². The molecule has 0 heterocycles. The van der Waals surface area contributed by atoms with E-state index in [0.29, 0.717) is 29.4 Å². The van der Waals surface area contributed by atoms with Crippen LogP contribution in [0.4, 0.5) is 0 Å². The Bertz CT molecular complexity index is 371. The molecule has 0 saturated carbocycles. The molecule has 1 atom stereocenters. The first kappa shape index (κ1) is 14.1. The lowest BCUT2D eigenvalue weighted by Crippen LogP contribution is -2.25. The Morgan fingerprint density at radius 3 is 2.71 bits per heavy atom. The van der Waals surface area contributed by atoms with E-state index in [0.717, 1.165) is 0 Å². The Balaban J connectivity index is 2.67. The maximum absolute atomic E-state index is 9.88. The molecule has 2 N–H and O–H groups in total. The lowest BCUT2D eigenvalue weighted by molar-refractivity contribution is 0.117. The van der Waals surface area contributed by atoms with Gasteiger partial charge in [-0.05, 0) is 13.0 Å². The highest BCUT2D eigenvalue weighted by Gasteiger charge is 2.10. The van der Waals surface area contributed by atoms with Gasteiger partial charge in [-0.15, -0.1) is 0 Å². The summed E-state index contributed by atoms with van der Waals surface area (Å²) in [6.07, 6.45) is 0.123. The van der Waals surface area contributed by atoms with Crippen molar-refractivity contribution in [2.75, 3.05) is 20.8 Å². The smallest absolute Gasteiger partial charge is 0.162 e. The van der Waals surface area contributed by atoms with Crippen LogP contribution in [0.2, 0.25) is 5.02 Å². The number of hydrogen-bond acceptors (Lipinski definition) is 4. The molecule has 0 spiro atoms. The molecule has 0 aromatic heterocycles. The summed E-state index contributed by atoms with van der Waals surface area (Å²) in [5.74, 6) is 0.503. The van der Waals surface area contributed by atoms with E-state index in [1.54, 1.807) is 19.2 Å². The predicted molar refractivity (Wildman–Crippen MR) is 67.8 cm³/mol. The molecule has 0 bridgehead atoms. The first-order valence-electron chi connectivity index (χ1n) is 5.37. The third kappa shape index (κ3) is 4.07. The van der Waals surface area contributed by atoms with Crippen molar-refractivity contribution in [3.05, 3.63) is 22.7 Å². The van der Waals surface area contributed by atoms with Crippen LogP contribution in [0.5, 0.6) is 11.5 Å². The van der Waals surface area contributed by atoms with Gasteiger partial charge in [-0.25, -0.2) is 0 Å². The second-order valence-electron chi connectivity index (χ2n) is 3.79. The van der Waals surface area contributed by atoms with E-state index in [-0.39, 0.29) is 11.9 Å². The molecule has 0 saturated heterocycles. The summed E-state index contributed by atoms with van der Waals surface area (Å²) >= 11 is 5.93. The number of ether oxygens (including phenoxy) is 2. The van der Waals surface area contributed by atoms with Gasteiger partial charge in [-0.1, -0.05) is 11.6 Å². The minimum absolute atomic E-state index is 0.120. The van der Waals surface area contributed by atoms with Crippen LogP contribution in [0, 0.1) is 0 Å². The minimum Gasteiger partial charge on any atom is -0.504 e. The summed E-state index contributed by atoms with van der Waals surface area (Å²) in [5, 5.41) is 13.6. The normalized spacial score (nSPS) is 12.5. The number of phenols is 1. The lowest BCUT2D eigenvalue weighted by Gasteiger charge is -2.13. The summed E-state index contributed by atoms with van der Waals surface area (Å²) in [4.78, 5) is 0. The Kier molecular flexibility index (Phi) is 5.55. The topological polar surface area (TPSA) is 50.7 Å². The summed E-state index contributed by atoms with van der Waals surface area (Å²) < 4.78 is 10.1. The number of rotatable bonds is 6. The zero-order valence-electron chi connectivity index (χ0n) is 10.3. The molecule has 4 nitrogen and oxygen atoms in total. The number of benzene rings is 1. The maximum atomic E-state index is 9.88. The van der Waals surface area contributed by atoms with E-state index >= 15 is 0 Å². The van der Waals surface area contributed by atoms with Crippen molar-refractivity contribution in [1.29, 1.82) is 0 Å². The van der Waals surface area contributed by atoms with Gasteiger partial charge in [0.2, 0.25) is 0 Å². The van der Waals surface area contributed by atoms with Gasteiger partial charge in [-0.3, -0.25) is 0 Å². The van der Waals surface area contributed by atoms with Crippen LogP contribution < -0.4 is 10.1 Å². The van der Waals surface area contributed by atoms with Gasteiger partial charge in [0.15, 0.2) is 11.5 Å². The molecule has 0 fully saturated rings. The largest absolute Gasteiger partial charge is 0.504 e. The number of halogens is 1. The zero-order chi connectivity index (χ0) is 12.8. The van der Waals surface area contributed by atoms with Crippen molar-refractivity contribution in [3.8, 4) is 11.5 Å². The number of phenolic OH excluding ortho intramolecular Hbond substituents is 1. The fourth-order valence-corrected chi connectivity index (χ4v) is 1.64.